The van der Waals surface area contributed by atoms with Crippen molar-refractivity contribution in [2.24, 2.45) is 11.8 Å². The molecule has 0 radical (unpaired) electrons. The van der Waals surface area contributed by atoms with Crippen LogP contribution in [0.4, 0.5) is 0 Å². The maximum Gasteiger partial charge on any atom is 0.0934 e. The zero-order chi connectivity index (χ0) is 18.5. The van der Waals surface area contributed by atoms with E-state index in [9.17, 15) is 20.4 Å². The van der Waals surface area contributed by atoms with Crippen molar-refractivity contribution in [3.8, 4) is 0 Å². The topological polar surface area (TPSA) is 80.9 Å². The highest BCUT2D eigenvalue weighted by molar-refractivity contribution is 5.02. The molecule has 4 nitrogen and oxygen atoms in total. The molecule has 2 saturated carbocycles. The van der Waals surface area contributed by atoms with Crippen molar-refractivity contribution in [3.05, 3.63) is 0 Å². The van der Waals surface area contributed by atoms with Gasteiger partial charge in [0.05, 0.1) is 23.4 Å². The second-order valence-corrected chi connectivity index (χ2v) is 8.78. The van der Waals surface area contributed by atoms with Crippen LogP contribution in [0.1, 0.15) is 97.3 Å². The quantitative estimate of drug-likeness (QED) is 0.621. The molecule has 25 heavy (non-hydrogen) atoms. The van der Waals surface area contributed by atoms with Crippen LogP contribution in [0.5, 0.6) is 0 Å². The highest BCUT2D eigenvalue weighted by Crippen LogP contribution is 2.44. The maximum absolute atomic E-state index is 11.4. The van der Waals surface area contributed by atoms with Crippen LogP contribution in [0.2, 0.25) is 0 Å². The van der Waals surface area contributed by atoms with Crippen LogP contribution in [-0.2, 0) is 0 Å². The molecular formula is C21H40O4. The number of aliphatic hydroxyl groups is 4. The van der Waals surface area contributed by atoms with Crippen molar-refractivity contribution in [3.63, 3.8) is 0 Å². The van der Waals surface area contributed by atoms with Gasteiger partial charge < -0.3 is 20.4 Å². The molecular weight excluding hydrogens is 316 g/mol. The van der Waals surface area contributed by atoms with Crippen molar-refractivity contribution in [2.45, 2.75) is 121 Å². The lowest BCUT2D eigenvalue weighted by atomic mass is 9.66. The minimum absolute atomic E-state index is 0.313. The third kappa shape index (κ3) is 4.97. The fourth-order valence-corrected chi connectivity index (χ4v) is 5.31. The van der Waals surface area contributed by atoms with E-state index < -0.39 is 11.2 Å². The van der Waals surface area contributed by atoms with E-state index in [1.165, 1.54) is 0 Å². The Kier molecular flexibility index (Phi) is 7.75. The van der Waals surface area contributed by atoms with Crippen molar-refractivity contribution >= 4 is 0 Å². The smallest absolute Gasteiger partial charge is 0.0934 e. The zero-order valence-electron chi connectivity index (χ0n) is 16.3. The minimum atomic E-state index is -1.13. The maximum atomic E-state index is 11.4. The minimum Gasteiger partial charge on any atom is -0.393 e. The molecule has 2 aliphatic rings. The summed E-state index contributed by atoms with van der Waals surface area (Å²) in [6, 6.07) is 0. The summed E-state index contributed by atoms with van der Waals surface area (Å²) < 4.78 is 0. The Bertz CT molecular complexity index is 401. The van der Waals surface area contributed by atoms with Gasteiger partial charge >= 0.3 is 0 Å². The van der Waals surface area contributed by atoms with Crippen LogP contribution in [0, 0.1) is 11.8 Å². The standard InChI is InChI=1S/C21H40O4/c1-3-7-17-9-6-13-21(25,15-11-19(17)23)20(24)12-5-8-16(4-2)18(22)10-14-20/h16-19,22-25H,3-15H2,1-2H3. The molecule has 4 heteroatoms. The Morgan fingerprint density at radius 1 is 0.720 bits per heavy atom. The van der Waals surface area contributed by atoms with E-state index in [0.29, 0.717) is 50.4 Å². The van der Waals surface area contributed by atoms with Gasteiger partial charge in [-0.1, -0.05) is 39.5 Å². The van der Waals surface area contributed by atoms with Crippen LogP contribution in [0.25, 0.3) is 0 Å². The average Bonchev–Trinajstić information content (AvgIpc) is 2.58. The first-order valence-corrected chi connectivity index (χ1v) is 10.7. The molecule has 6 atom stereocenters. The van der Waals surface area contributed by atoms with Gasteiger partial charge in [0, 0.05) is 0 Å². The monoisotopic (exact) mass is 356 g/mol. The van der Waals surface area contributed by atoms with Gasteiger partial charge in [0.15, 0.2) is 0 Å². The fourth-order valence-electron chi connectivity index (χ4n) is 5.31. The van der Waals surface area contributed by atoms with E-state index in [4.69, 9.17) is 0 Å². The summed E-state index contributed by atoms with van der Waals surface area (Å²) in [6.45, 7) is 4.26. The Morgan fingerprint density at radius 2 is 1.20 bits per heavy atom. The first-order chi connectivity index (χ1) is 11.8. The highest BCUT2D eigenvalue weighted by atomic mass is 16.4. The van der Waals surface area contributed by atoms with Crippen LogP contribution in [0.15, 0.2) is 0 Å². The molecule has 2 aliphatic carbocycles. The molecule has 0 aliphatic heterocycles. The molecule has 4 N–H and O–H groups in total. The Labute approximate surface area is 153 Å². The summed E-state index contributed by atoms with van der Waals surface area (Å²) in [5.74, 6) is 0.641. The van der Waals surface area contributed by atoms with Gasteiger partial charge in [0.1, 0.15) is 0 Å². The molecule has 2 rings (SSSR count). The highest BCUT2D eigenvalue weighted by Gasteiger charge is 2.49. The molecule has 0 bridgehead atoms. The Balaban J connectivity index is 2.06. The van der Waals surface area contributed by atoms with Gasteiger partial charge in [-0.15, -0.1) is 0 Å². The molecule has 0 amide bonds. The van der Waals surface area contributed by atoms with Crippen LogP contribution >= 0.6 is 0 Å². The summed E-state index contributed by atoms with van der Waals surface area (Å²) in [4.78, 5) is 0. The van der Waals surface area contributed by atoms with Gasteiger partial charge in [-0.2, -0.15) is 0 Å². The lowest BCUT2D eigenvalue weighted by Gasteiger charge is -2.47. The summed E-state index contributed by atoms with van der Waals surface area (Å²) in [6.07, 6.45) is 9.07. The molecule has 148 valence electrons. The third-order valence-corrected chi connectivity index (χ3v) is 7.18. The largest absolute Gasteiger partial charge is 0.393 e. The fraction of sp³-hybridized carbons (Fsp3) is 1.00. The van der Waals surface area contributed by atoms with Gasteiger partial charge in [-0.3, -0.25) is 0 Å². The predicted octanol–water partition coefficient (Wildman–Crippen LogP) is 3.54. The van der Waals surface area contributed by atoms with E-state index in [1.807, 2.05) is 0 Å². The van der Waals surface area contributed by atoms with E-state index in [-0.39, 0.29) is 12.2 Å². The number of hydrogen-bond acceptors (Lipinski definition) is 4. The van der Waals surface area contributed by atoms with Gasteiger partial charge in [-0.25, -0.2) is 0 Å². The van der Waals surface area contributed by atoms with E-state index >= 15 is 0 Å². The Morgan fingerprint density at radius 3 is 1.68 bits per heavy atom. The van der Waals surface area contributed by atoms with E-state index in [1.54, 1.807) is 0 Å². The molecule has 2 fully saturated rings. The first-order valence-electron chi connectivity index (χ1n) is 10.7. The normalized spacial score (nSPS) is 44.4. The van der Waals surface area contributed by atoms with Gasteiger partial charge in [-0.05, 0) is 69.6 Å². The zero-order valence-corrected chi connectivity index (χ0v) is 16.3. The van der Waals surface area contributed by atoms with Crippen LogP contribution < -0.4 is 0 Å². The molecule has 0 aromatic carbocycles. The van der Waals surface area contributed by atoms with E-state index in [2.05, 4.69) is 13.8 Å². The molecule has 0 aromatic heterocycles. The lowest BCUT2D eigenvalue weighted by Crippen LogP contribution is -2.56. The van der Waals surface area contributed by atoms with E-state index in [0.717, 1.165) is 44.9 Å². The number of rotatable bonds is 4. The summed E-state index contributed by atoms with van der Waals surface area (Å²) >= 11 is 0. The summed E-state index contributed by atoms with van der Waals surface area (Å²) in [5, 5.41) is 43.6. The van der Waals surface area contributed by atoms with Gasteiger partial charge in [0.25, 0.3) is 0 Å². The summed E-state index contributed by atoms with van der Waals surface area (Å²) in [7, 11) is 0. The predicted molar refractivity (Wildman–Crippen MR) is 100 cm³/mol. The lowest BCUT2D eigenvalue weighted by molar-refractivity contribution is -0.183. The second kappa shape index (κ2) is 9.16. The van der Waals surface area contributed by atoms with Crippen molar-refractivity contribution in [2.75, 3.05) is 0 Å². The van der Waals surface area contributed by atoms with Crippen molar-refractivity contribution in [1.82, 2.24) is 0 Å². The van der Waals surface area contributed by atoms with Crippen LogP contribution in [0.3, 0.4) is 0 Å². The third-order valence-electron chi connectivity index (χ3n) is 7.18. The van der Waals surface area contributed by atoms with Crippen LogP contribution in [-0.4, -0.2) is 43.8 Å². The summed E-state index contributed by atoms with van der Waals surface area (Å²) in [5.41, 5.74) is -2.27. The SMILES string of the molecule is CCCC1CCCC(O)(C2(O)CCCC(CC)C(O)CC2)CCC1O. The first kappa shape index (κ1) is 21.1. The Hall–Kier alpha value is -0.160. The molecule has 0 spiro atoms. The number of hydrogen-bond donors (Lipinski definition) is 4. The van der Waals surface area contributed by atoms with Crippen molar-refractivity contribution in [1.29, 1.82) is 0 Å². The van der Waals surface area contributed by atoms with Crippen molar-refractivity contribution < 1.29 is 20.4 Å². The second-order valence-electron chi connectivity index (χ2n) is 8.78. The number of aliphatic hydroxyl groups excluding tert-OH is 2. The molecule has 0 heterocycles. The average molecular weight is 357 g/mol. The molecule has 0 aromatic rings. The van der Waals surface area contributed by atoms with Gasteiger partial charge in [0.2, 0.25) is 0 Å². The molecule has 0 saturated heterocycles. The molecule has 6 unspecified atom stereocenters.